The highest BCUT2D eigenvalue weighted by atomic mass is 16.6. The lowest BCUT2D eigenvalue weighted by molar-refractivity contribution is -0.125. The molecule has 0 aromatic carbocycles. The number of nitrogens with one attached hydrogen (secondary N) is 1. The Balaban J connectivity index is 2.17. The summed E-state index contributed by atoms with van der Waals surface area (Å²) in [6, 6.07) is -0.426. The second kappa shape index (κ2) is 6.83. The first-order chi connectivity index (χ1) is 7.59. The fourth-order valence-corrected chi connectivity index (χ4v) is 1.61. The van der Waals surface area contributed by atoms with Crippen LogP contribution in [0.15, 0.2) is 0 Å². The van der Waals surface area contributed by atoms with E-state index < -0.39 is 6.04 Å². The molecule has 2 atom stereocenters. The van der Waals surface area contributed by atoms with Crippen LogP contribution in [0.5, 0.6) is 0 Å². The summed E-state index contributed by atoms with van der Waals surface area (Å²) in [4.78, 5) is 11.6. The van der Waals surface area contributed by atoms with Crippen LogP contribution in [0.3, 0.4) is 0 Å². The van der Waals surface area contributed by atoms with Crippen LogP contribution in [0, 0.1) is 5.92 Å². The van der Waals surface area contributed by atoms with Gasteiger partial charge in [0, 0.05) is 6.54 Å². The molecule has 1 saturated heterocycles. The Morgan fingerprint density at radius 1 is 1.50 bits per heavy atom. The van der Waals surface area contributed by atoms with E-state index in [2.05, 4.69) is 5.32 Å². The van der Waals surface area contributed by atoms with E-state index >= 15 is 0 Å². The molecule has 94 valence electrons. The highest BCUT2D eigenvalue weighted by Crippen LogP contribution is 2.03. The second-order valence-electron chi connectivity index (χ2n) is 4.55. The summed E-state index contributed by atoms with van der Waals surface area (Å²) in [6.45, 7) is 6.34. The van der Waals surface area contributed by atoms with E-state index in [0.29, 0.717) is 38.7 Å². The van der Waals surface area contributed by atoms with Gasteiger partial charge in [0.15, 0.2) is 0 Å². The van der Waals surface area contributed by atoms with Gasteiger partial charge in [-0.2, -0.15) is 0 Å². The number of hydrogen-bond acceptors (Lipinski definition) is 4. The molecule has 1 aliphatic heterocycles. The number of nitrogens with two attached hydrogens (primary N) is 1. The van der Waals surface area contributed by atoms with Crippen LogP contribution in [-0.2, 0) is 14.3 Å². The van der Waals surface area contributed by atoms with Gasteiger partial charge in [0.25, 0.3) is 0 Å². The highest BCUT2D eigenvalue weighted by molar-refractivity contribution is 5.81. The van der Waals surface area contributed by atoms with Crippen molar-refractivity contribution in [1.82, 2.24) is 5.32 Å². The lowest BCUT2D eigenvalue weighted by Crippen LogP contribution is -2.46. The fraction of sp³-hybridized carbons (Fsp3) is 0.909. The van der Waals surface area contributed by atoms with Gasteiger partial charge in [0.05, 0.1) is 32.0 Å². The molecule has 1 fully saturated rings. The molecule has 2 unspecified atom stereocenters. The molecule has 3 N–H and O–H groups in total. The van der Waals surface area contributed by atoms with Crippen molar-refractivity contribution in [2.75, 3.05) is 26.4 Å². The quantitative estimate of drug-likeness (QED) is 0.691. The average molecular weight is 230 g/mol. The number of rotatable bonds is 5. The molecule has 0 bridgehead atoms. The van der Waals surface area contributed by atoms with E-state index in [1.807, 2.05) is 13.8 Å². The second-order valence-corrected chi connectivity index (χ2v) is 4.55. The van der Waals surface area contributed by atoms with Crippen molar-refractivity contribution in [3.05, 3.63) is 0 Å². The molecule has 0 aliphatic carbocycles. The normalized spacial score (nSPS) is 23.1. The zero-order chi connectivity index (χ0) is 12.0. The molecular weight excluding hydrogens is 208 g/mol. The number of hydrogen-bond donors (Lipinski definition) is 2. The Bertz CT molecular complexity index is 215. The molecule has 16 heavy (non-hydrogen) atoms. The summed E-state index contributed by atoms with van der Waals surface area (Å²) < 4.78 is 10.6. The smallest absolute Gasteiger partial charge is 0.237 e. The van der Waals surface area contributed by atoms with Crippen molar-refractivity contribution in [2.24, 2.45) is 11.7 Å². The molecule has 0 aromatic rings. The minimum Gasteiger partial charge on any atom is -0.376 e. The zero-order valence-electron chi connectivity index (χ0n) is 10.1. The first kappa shape index (κ1) is 13.4. The van der Waals surface area contributed by atoms with Gasteiger partial charge in [-0.05, 0) is 12.3 Å². The van der Waals surface area contributed by atoms with Gasteiger partial charge in [-0.15, -0.1) is 0 Å². The van der Waals surface area contributed by atoms with E-state index in [9.17, 15) is 4.79 Å². The van der Waals surface area contributed by atoms with Gasteiger partial charge in [-0.1, -0.05) is 13.8 Å². The molecule has 1 rings (SSSR count). The summed E-state index contributed by atoms with van der Waals surface area (Å²) in [5, 5.41) is 2.79. The number of carbonyl (C=O) groups is 1. The van der Waals surface area contributed by atoms with Crippen LogP contribution >= 0.6 is 0 Å². The van der Waals surface area contributed by atoms with Gasteiger partial charge in [0.2, 0.25) is 5.91 Å². The van der Waals surface area contributed by atoms with Gasteiger partial charge in [-0.25, -0.2) is 0 Å². The summed E-state index contributed by atoms with van der Waals surface area (Å²) in [5.74, 6) is 0.317. The standard InChI is InChI=1S/C11H22N2O3/c1-8(2)5-10(12)11(14)13-6-9-7-15-3-4-16-9/h8-10H,3-7,12H2,1-2H3,(H,13,14). The van der Waals surface area contributed by atoms with Crippen LogP contribution < -0.4 is 11.1 Å². The van der Waals surface area contributed by atoms with Crippen LogP contribution in [0.25, 0.3) is 0 Å². The molecule has 5 nitrogen and oxygen atoms in total. The maximum Gasteiger partial charge on any atom is 0.237 e. The summed E-state index contributed by atoms with van der Waals surface area (Å²) in [6.07, 6.45) is 0.664. The maximum absolute atomic E-state index is 11.6. The van der Waals surface area contributed by atoms with E-state index in [1.54, 1.807) is 0 Å². The first-order valence-corrected chi connectivity index (χ1v) is 5.82. The van der Waals surface area contributed by atoms with Gasteiger partial charge in [-0.3, -0.25) is 4.79 Å². The monoisotopic (exact) mass is 230 g/mol. The van der Waals surface area contributed by atoms with Crippen LogP contribution in [0.2, 0.25) is 0 Å². The summed E-state index contributed by atoms with van der Waals surface area (Å²) in [7, 11) is 0. The Morgan fingerprint density at radius 3 is 2.81 bits per heavy atom. The molecule has 0 saturated carbocycles. The molecule has 0 radical (unpaired) electrons. The first-order valence-electron chi connectivity index (χ1n) is 5.82. The van der Waals surface area contributed by atoms with E-state index in [4.69, 9.17) is 15.2 Å². The molecule has 0 aromatic heterocycles. The van der Waals surface area contributed by atoms with Crippen LogP contribution in [0.4, 0.5) is 0 Å². The summed E-state index contributed by atoms with van der Waals surface area (Å²) in [5.41, 5.74) is 5.75. The Kier molecular flexibility index (Phi) is 5.73. The van der Waals surface area contributed by atoms with Crippen molar-refractivity contribution < 1.29 is 14.3 Å². The van der Waals surface area contributed by atoms with Crippen molar-refractivity contribution >= 4 is 5.91 Å². The molecule has 1 aliphatic rings. The highest BCUT2D eigenvalue weighted by Gasteiger charge is 2.18. The Morgan fingerprint density at radius 2 is 2.25 bits per heavy atom. The lowest BCUT2D eigenvalue weighted by Gasteiger charge is -2.24. The number of ether oxygens (including phenoxy) is 2. The van der Waals surface area contributed by atoms with Gasteiger partial charge < -0.3 is 20.5 Å². The third-order valence-electron chi connectivity index (χ3n) is 2.45. The Hall–Kier alpha value is -0.650. The van der Waals surface area contributed by atoms with Gasteiger partial charge in [0.1, 0.15) is 0 Å². The van der Waals surface area contributed by atoms with Gasteiger partial charge >= 0.3 is 0 Å². The number of amides is 1. The van der Waals surface area contributed by atoms with E-state index in [1.165, 1.54) is 0 Å². The van der Waals surface area contributed by atoms with Crippen molar-refractivity contribution in [3.8, 4) is 0 Å². The fourth-order valence-electron chi connectivity index (χ4n) is 1.61. The summed E-state index contributed by atoms with van der Waals surface area (Å²) >= 11 is 0. The van der Waals surface area contributed by atoms with Crippen molar-refractivity contribution in [2.45, 2.75) is 32.4 Å². The molecule has 5 heteroatoms. The molecule has 1 heterocycles. The topological polar surface area (TPSA) is 73.6 Å². The molecular formula is C11H22N2O3. The van der Waals surface area contributed by atoms with Crippen LogP contribution in [0.1, 0.15) is 20.3 Å². The maximum atomic E-state index is 11.6. The predicted molar refractivity (Wildman–Crippen MR) is 61.0 cm³/mol. The van der Waals surface area contributed by atoms with Crippen molar-refractivity contribution in [3.63, 3.8) is 0 Å². The molecule has 0 spiro atoms. The number of carbonyl (C=O) groups excluding carboxylic acids is 1. The van der Waals surface area contributed by atoms with Crippen LogP contribution in [-0.4, -0.2) is 44.4 Å². The Labute approximate surface area is 96.7 Å². The zero-order valence-corrected chi connectivity index (χ0v) is 10.1. The third kappa shape index (κ3) is 4.92. The average Bonchev–Trinajstić information content (AvgIpc) is 2.26. The minimum absolute atomic E-state index is 0.0380. The largest absolute Gasteiger partial charge is 0.376 e. The van der Waals surface area contributed by atoms with Crippen molar-refractivity contribution in [1.29, 1.82) is 0 Å². The van der Waals surface area contributed by atoms with E-state index in [-0.39, 0.29) is 12.0 Å². The lowest BCUT2D eigenvalue weighted by atomic mass is 10.0. The third-order valence-corrected chi connectivity index (χ3v) is 2.45. The minimum atomic E-state index is -0.426. The molecule has 1 amide bonds. The SMILES string of the molecule is CC(C)CC(N)C(=O)NCC1COCCO1. The predicted octanol–water partition coefficient (Wildman–Crippen LogP) is -0.109. The van der Waals surface area contributed by atoms with E-state index in [0.717, 1.165) is 0 Å².